The molecule has 0 aromatic heterocycles. The third kappa shape index (κ3) is 3.17. The van der Waals surface area contributed by atoms with Gasteiger partial charge in [-0.1, -0.05) is 5.92 Å². The van der Waals surface area contributed by atoms with Crippen LogP contribution < -0.4 is 0 Å². The molecule has 2 unspecified atom stereocenters. The average molecular weight is 327 g/mol. The molecule has 6 nitrogen and oxygen atoms in total. The average Bonchev–Trinajstić information content (AvgIpc) is 3.11. The molecule has 0 amide bonds. The normalized spacial score (nSPS) is 23.5. The molecule has 2 atom stereocenters. The molecule has 2 fully saturated rings. The minimum atomic E-state index is -0.581. The van der Waals surface area contributed by atoms with E-state index in [0.29, 0.717) is 18.3 Å². The molecule has 1 aromatic carbocycles. The second-order valence-corrected chi connectivity index (χ2v) is 6.34. The topological polar surface area (TPSA) is 78.7 Å². The van der Waals surface area contributed by atoms with Gasteiger partial charge in [0.05, 0.1) is 29.1 Å². The molecule has 0 N–H and O–H groups in total. The standard InChI is InChI=1S/C18H17NO5/c1-12(2)16(7-8-18-9-14(18)10-23-11-18)24-17(20)13-3-5-15(6-4-13)19(21)22/h3-6,14H,9-11H2,1-2H3. The van der Waals surface area contributed by atoms with Crippen LogP contribution in [0.1, 0.15) is 30.6 Å². The van der Waals surface area contributed by atoms with Crippen LogP contribution in [0.5, 0.6) is 0 Å². The largest absolute Gasteiger partial charge is 0.414 e. The van der Waals surface area contributed by atoms with Gasteiger partial charge in [0.15, 0.2) is 5.76 Å². The summed E-state index contributed by atoms with van der Waals surface area (Å²) in [6.45, 7) is 5.03. The molecule has 1 heterocycles. The first-order valence-corrected chi connectivity index (χ1v) is 7.66. The van der Waals surface area contributed by atoms with E-state index in [2.05, 4.69) is 11.8 Å². The maximum Gasteiger partial charge on any atom is 0.344 e. The fourth-order valence-corrected chi connectivity index (χ4v) is 2.65. The summed E-state index contributed by atoms with van der Waals surface area (Å²) in [5, 5.41) is 10.6. The van der Waals surface area contributed by atoms with Crippen LogP contribution in [0.15, 0.2) is 35.6 Å². The number of nitro benzene ring substituents is 1. The SMILES string of the molecule is CC(C)=C(C#CC12COCC1C2)OC(=O)c1ccc([N+](=O)[O-])cc1. The Kier molecular flexibility index (Phi) is 4.12. The lowest BCUT2D eigenvalue weighted by Gasteiger charge is -2.06. The van der Waals surface area contributed by atoms with Gasteiger partial charge in [-0.15, -0.1) is 0 Å². The van der Waals surface area contributed by atoms with Crippen LogP contribution in [0, 0.1) is 33.3 Å². The molecule has 24 heavy (non-hydrogen) atoms. The minimum Gasteiger partial charge on any atom is -0.414 e. The highest BCUT2D eigenvalue weighted by Gasteiger charge is 2.57. The Labute approximate surface area is 139 Å². The van der Waals surface area contributed by atoms with Gasteiger partial charge in [-0.3, -0.25) is 10.1 Å². The predicted molar refractivity (Wildman–Crippen MR) is 86.0 cm³/mol. The fourth-order valence-electron chi connectivity index (χ4n) is 2.65. The lowest BCUT2D eigenvalue weighted by Crippen LogP contribution is -2.07. The summed E-state index contributed by atoms with van der Waals surface area (Å²) < 4.78 is 10.8. The molecule has 0 bridgehead atoms. The molecule has 1 aromatic rings. The number of hydrogen-bond acceptors (Lipinski definition) is 5. The number of rotatable bonds is 3. The van der Waals surface area contributed by atoms with Crippen molar-refractivity contribution < 1.29 is 19.2 Å². The third-order valence-electron chi connectivity index (χ3n) is 4.30. The van der Waals surface area contributed by atoms with Gasteiger partial charge in [0.25, 0.3) is 5.69 Å². The number of non-ortho nitro benzene ring substituents is 1. The third-order valence-corrected chi connectivity index (χ3v) is 4.30. The van der Waals surface area contributed by atoms with Crippen LogP contribution in [-0.4, -0.2) is 24.1 Å². The number of nitro groups is 1. The lowest BCUT2D eigenvalue weighted by atomic mass is 10.1. The van der Waals surface area contributed by atoms with Crippen molar-refractivity contribution in [3.63, 3.8) is 0 Å². The van der Waals surface area contributed by atoms with Gasteiger partial charge in [0, 0.05) is 18.1 Å². The van der Waals surface area contributed by atoms with Gasteiger partial charge in [0.1, 0.15) is 0 Å². The first-order chi connectivity index (χ1) is 11.4. The van der Waals surface area contributed by atoms with E-state index in [1.807, 2.05) is 13.8 Å². The number of esters is 1. The van der Waals surface area contributed by atoms with Crippen LogP contribution in [0.3, 0.4) is 0 Å². The Bertz CT molecular complexity index is 780. The van der Waals surface area contributed by atoms with E-state index < -0.39 is 10.9 Å². The van der Waals surface area contributed by atoms with Crippen LogP contribution in [0.2, 0.25) is 0 Å². The smallest absolute Gasteiger partial charge is 0.344 e. The molecule has 1 saturated heterocycles. The van der Waals surface area contributed by atoms with Crippen molar-refractivity contribution in [2.24, 2.45) is 11.3 Å². The molecule has 124 valence electrons. The second-order valence-electron chi connectivity index (χ2n) is 6.34. The summed E-state index contributed by atoms with van der Waals surface area (Å²) in [5.41, 5.74) is 0.896. The first-order valence-electron chi connectivity index (χ1n) is 7.66. The molecular weight excluding hydrogens is 310 g/mol. The van der Waals surface area contributed by atoms with E-state index in [1.165, 1.54) is 24.3 Å². The van der Waals surface area contributed by atoms with Gasteiger partial charge >= 0.3 is 5.97 Å². The summed E-state index contributed by atoms with van der Waals surface area (Å²) in [4.78, 5) is 22.3. The summed E-state index contributed by atoms with van der Waals surface area (Å²) in [7, 11) is 0. The highest BCUT2D eigenvalue weighted by molar-refractivity contribution is 5.90. The molecule has 1 saturated carbocycles. The van der Waals surface area contributed by atoms with E-state index in [4.69, 9.17) is 9.47 Å². The molecule has 0 spiro atoms. The van der Waals surface area contributed by atoms with E-state index >= 15 is 0 Å². The van der Waals surface area contributed by atoms with Crippen LogP contribution >= 0.6 is 0 Å². The van der Waals surface area contributed by atoms with E-state index in [9.17, 15) is 14.9 Å². The van der Waals surface area contributed by atoms with Crippen molar-refractivity contribution >= 4 is 11.7 Å². The number of fused-ring (bicyclic) bond motifs is 1. The zero-order valence-corrected chi connectivity index (χ0v) is 13.5. The number of ether oxygens (including phenoxy) is 2. The highest BCUT2D eigenvalue weighted by Crippen LogP contribution is 2.56. The van der Waals surface area contributed by atoms with Gasteiger partial charge in [0.2, 0.25) is 0 Å². The minimum absolute atomic E-state index is 0.0690. The maximum atomic E-state index is 12.2. The number of hydrogen-bond donors (Lipinski definition) is 0. The molecule has 6 heteroatoms. The quantitative estimate of drug-likeness (QED) is 0.280. The summed E-state index contributed by atoms with van der Waals surface area (Å²) in [5.74, 6) is 6.40. The fraction of sp³-hybridized carbons (Fsp3) is 0.389. The van der Waals surface area contributed by atoms with Crippen molar-refractivity contribution in [2.45, 2.75) is 20.3 Å². The van der Waals surface area contributed by atoms with E-state index in [0.717, 1.165) is 18.6 Å². The Balaban J connectivity index is 1.72. The van der Waals surface area contributed by atoms with Crippen molar-refractivity contribution in [1.29, 1.82) is 0 Å². The van der Waals surface area contributed by atoms with Crippen molar-refractivity contribution in [3.8, 4) is 11.8 Å². The van der Waals surface area contributed by atoms with Crippen molar-refractivity contribution in [2.75, 3.05) is 13.2 Å². The van der Waals surface area contributed by atoms with E-state index in [-0.39, 0.29) is 16.7 Å². The number of carbonyl (C=O) groups is 1. The molecule has 1 aliphatic carbocycles. The van der Waals surface area contributed by atoms with Gasteiger partial charge < -0.3 is 9.47 Å². The number of carbonyl (C=O) groups excluding carboxylic acids is 1. The molecule has 1 aliphatic heterocycles. The molecular formula is C18H17NO5. The predicted octanol–water partition coefficient (Wildman–Crippen LogP) is 3.09. The zero-order valence-electron chi connectivity index (χ0n) is 13.5. The number of allylic oxidation sites excluding steroid dienone is 2. The second kappa shape index (κ2) is 6.10. The number of nitrogens with zero attached hydrogens (tertiary/aromatic N) is 1. The van der Waals surface area contributed by atoms with Crippen LogP contribution in [0.4, 0.5) is 5.69 Å². The Morgan fingerprint density at radius 3 is 2.58 bits per heavy atom. The molecule has 3 rings (SSSR count). The molecule has 2 aliphatic rings. The number of benzene rings is 1. The zero-order chi connectivity index (χ0) is 17.3. The van der Waals surface area contributed by atoms with Crippen molar-refractivity contribution in [1.82, 2.24) is 0 Å². The lowest BCUT2D eigenvalue weighted by molar-refractivity contribution is -0.384. The first kappa shape index (κ1) is 16.2. The Morgan fingerprint density at radius 1 is 1.38 bits per heavy atom. The van der Waals surface area contributed by atoms with Gasteiger partial charge in [-0.25, -0.2) is 4.79 Å². The summed E-state index contributed by atoms with van der Waals surface area (Å²) in [6.07, 6.45) is 1.03. The van der Waals surface area contributed by atoms with Crippen molar-refractivity contribution in [3.05, 3.63) is 51.3 Å². The monoisotopic (exact) mass is 327 g/mol. The Morgan fingerprint density at radius 2 is 2.08 bits per heavy atom. The Hall–Kier alpha value is -2.65. The maximum absolute atomic E-state index is 12.2. The summed E-state index contributed by atoms with van der Waals surface area (Å²) in [6, 6.07) is 5.29. The van der Waals surface area contributed by atoms with Gasteiger partial charge in [-0.05, 0) is 43.9 Å². The highest BCUT2D eigenvalue weighted by atomic mass is 16.6. The van der Waals surface area contributed by atoms with Gasteiger partial charge in [-0.2, -0.15) is 0 Å². The van der Waals surface area contributed by atoms with E-state index in [1.54, 1.807) is 0 Å². The molecule has 0 radical (unpaired) electrons. The van der Waals surface area contributed by atoms with Crippen LogP contribution in [0.25, 0.3) is 0 Å². The summed E-state index contributed by atoms with van der Waals surface area (Å²) >= 11 is 0. The van der Waals surface area contributed by atoms with Crippen LogP contribution in [-0.2, 0) is 9.47 Å².